The van der Waals surface area contributed by atoms with Gasteiger partial charge in [-0.15, -0.1) is 0 Å². The predicted molar refractivity (Wildman–Crippen MR) is 148 cm³/mol. The molecule has 42 heavy (non-hydrogen) atoms. The Morgan fingerprint density at radius 2 is 1.93 bits per heavy atom. The molecule has 3 aliphatic rings. The summed E-state index contributed by atoms with van der Waals surface area (Å²) in [5.41, 5.74) is -1.00. The molecule has 1 N–H and O–H groups in total. The van der Waals surface area contributed by atoms with Crippen molar-refractivity contribution in [3.63, 3.8) is 0 Å². The fourth-order valence-electron chi connectivity index (χ4n) is 6.69. The van der Waals surface area contributed by atoms with Gasteiger partial charge in [0.05, 0.1) is 17.5 Å². The summed E-state index contributed by atoms with van der Waals surface area (Å²) < 4.78 is 71.8. The summed E-state index contributed by atoms with van der Waals surface area (Å²) in [5.74, 6) is -3.03. The number of nitrogens with zero attached hydrogens (tertiary/aromatic N) is 5. The number of hydrogen-bond donors (Lipinski definition) is 1. The Labute approximate surface area is 238 Å². The number of benzene rings is 2. The second-order valence-corrected chi connectivity index (χ2v) is 11.3. The number of halogens is 4. The highest BCUT2D eigenvalue weighted by molar-refractivity contribution is 6.00. The van der Waals surface area contributed by atoms with Gasteiger partial charge in [-0.3, -0.25) is 9.88 Å². The van der Waals surface area contributed by atoms with Gasteiger partial charge in [0.1, 0.15) is 35.6 Å². The van der Waals surface area contributed by atoms with E-state index in [2.05, 4.69) is 19.9 Å². The number of anilines is 1. The largest absolute Gasteiger partial charge is 0.508 e. The van der Waals surface area contributed by atoms with Gasteiger partial charge in [0, 0.05) is 49.8 Å². The van der Waals surface area contributed by atoms with Crippen molar-refractivity contribution in [2.75, 3.05) is 50.9 Å². The number of rotatable bonds is 5. The number of ether oxygens (including phenoxy) is 2. The minimum atomic E-state index is -1.18. The smallest absolute Gasteiger partial charge is 0.319 e. The molecule has 2 aromatic carbocycles. The van der Waals surface area contributed by atoms with Crippen LogP contribution in [0, 0.1) is 17.5 Å². The van der Waals surface area contributed by atoms with Gasteiger partial charge in [-0.05, 0) is 49.4 Å². The van der Waals surface area contributed by atoms with Crippen LogP contribution < -0.4 is 9.64 Å². The van der Waals surface area contributed by atoms with E-state index in [0.29, 0.717) is 50.5 Å². The molecule has 0 spiro atoms. The normalized spacial score (nSPS) is 23.0. The Bertz CT molecular complexity index is 1680. The molecular formula is C30H29F4N5O3. The van der Waals surface area contributed by atoms with Crippen LogP contribution in [0.4, 0.5) is 23.4 Å². The molecule has 0 saturated carbocycles. The fraction of sp³-hybridized carbons (Fsp3) is 0.433. The Hall–Kier alpha value is -3.77. The van der Waals surface area contributed by atoms with E-state index in [1.165, 1.54) is 18.3 Å². The fourth-order valence-corrected chi connectivity index (χ4v) is 6.69. The highest BCUT2D eigenvalue weighted by Crippen LogP contribution is 2.41. The van der Waals surface area contributed by atoms with E-state index >= 15 is 8.78 Å². The van der Waals surface area contributed by atoms with Crippen molar-refractivity contribution >= 4 is 27.5 Å². The van der Waals surface area contributed by atoms with Crippen molar-refractivity contribution in [3.05, 3.63) is 47.9 Å². The average Bonchev–Trinajstić information content (AvgIpc) is 3.35. The number of pyridine rings is 1. The number of alkyl halides is 1. The van der Waals surface area contributed by atoms with E-state index in [1.807, 2.05) is 4.90 Å². The van der Waals surface area contributed by atoms with E-state index in [9.17, 15) is 13.9 Å². The molecule has 7 rings (SSSR count). The molecule has 0 unspecified atom stereocenters. The average molecular weight is 584 g/mol. The highest BCUT2D eigenvalue weighted by atomic mass is 19.2. The monoisotopic (exact) mass is 583 g/mol. The Morgan fingerprint density at radius 1 is 1.05 bits per heavy atom. The van der Waals surface area contributed by atoms with Crippen LogP contribution in [0.2, 0.25) is 0 Å². The van der Waals surface area contributed by atoms with Crippen LogP contribution in [-0.2, 0) is 4.74 Å². The van der Waals surface area contributed by atoms with Gasteiger partial charge < -0.3 is 19.5 Å². The number of phenolic OH excluding ortho intramolecular Hbond substituents is 1. The first-order chi connectivity index (χ1) is 20.3. The van der Waals surface area contributed by atoms with Crippen molar-refractivity contribution in [1.29, 1.82) is 0 Å². The molecule has 4 aromatic rings. The molecule has 5 heterocycles. The third-order valence-electron chi connectivity index (χ3n) is 8.64. The number of aromatic hydroxyl groups is 1. The summed E-state index contributed by atoms with van der Waals surface area (Å²) in [5, 5.41) is 10.6. The topological polar surface area (TPSA) is 83.8 Å². The number of hydrogen-bond acceptors (Lipinski definition) is 8. The van der Waals surface area contributed by atoms with Crippen molar-refractivity contribution in [2.45, 2.75) is 37.4 Å². The van der Waals surface area contributed by atoms with Crippen molar-refractivity contribution in [3.8, 4) is 23.0 Å². The van der Waals surface area contributed by atoms with Gasteiger partial charge >= 0.3 is 6.01 Å². The third-order valence-corrected chi connectivity index (χ3v) is 8.64. The van der Waals surface area contributed by atoms with Crippen LogP contribution in [0.3, 0.4) is 0 Å². The lowest BCUT2D eigenvalue weighted by Crippen LogP contribution is -2.43. The molecule has 0 amide bonds. The molecule has 2 aromatic heterocycles. The number of phenols is 1. The van der Waals surface area contributed by atoms with E-state index in [1.54, 1.807) is 0 Å². The first-order valence-electron chi connectivity index (χ1n) is 14.1. The lowest BCUT2D eigenvalue weighted by atomic mass is 9.95. The Kier molecular flexibility index (Phi) is 6.77. The maximum atomic E-state index is 16.5. The van der Waals surface area contributed by atoms with Crippen LogP contribution in [-0.4, -0.2) is 82.7 Å². The Balaban J connectivity index is 1.37. The Morgan fingerprint density at radius 3 is 2.81 bits per heavy atom. The van der Waals surface area contributed by atoms with Gasteiger partial charge in [-0.25, -0.2) is 17.6 Å². The van der Waals surface area contributed by atoms with Crippen LogP contribution in [0.1, 0.15) is 25.7 Å². The molecule has 220 valence electrons. The number of fused-ring (bicyclic) bond motifs is 3. The van der Waals surface area contributed by atoms with E-state index < -0.39 is 29.2 Å². The van der Waals surface area contributed by atoms with E-state index in [4.69, 9.17) is 9.47 Å². The van der Waals surface area contributed by atoms with Gasteiger partial charge in [-0.2, -0.15) is 9.97 Å². The van der Waals surface area contributed by atoms with Crippen LogP contribution in [0.5, 0.6) is 11.8 Å². The van der Waals surface area contributed by atoms with Crippen molar-refractivity contribution in [1.82, 2.24) is 19.9 Å². The minimum Gasteiger partial charge on any atom is -0.508 e. The van der Waals surface area contributed by atoms with E-state index in [-0.39, 0.29) is 45.9 Å². The second kappa shape index (κ2) is 10.5. The first kappa shape index (κ1) is 27.1. The van der Waals surface area contributed by atoms with Crippen molar-refractivity contribution in [2.24, 2.45) is 0 Å². The zero-order valence-electron chi connectivity index (χ0n) is 22.8. The number of aromatic nitrogens is 3. The molecule has 12 heteroatoms. The lowest BCUT2D eigenvalue weighted by molar-refractivity contribution is 0.107. The molecule has 8 nitrogen and oxygen atoms in total. The van der Waals surface area contributed by atoms with Crippen LogP contribution in [0.25, 0.3) is 32.9 Å². The van der Waals surface area contributed by atoms with E-state index in [0.717, 1.165) is 37.9 Å². The molecule has 3 fully saturated rings. The lowest BCUT2D eigenvalue weighted by Gasteiger charge is -2.31. The van der Waals surface area contributed by atoms with Gasteiger partial charge in [0.2, 0.25) is 0 Å². The molecular weight excluding hydrogens is 554 g/mol. The summed E-state index contributed by atoms with van der Waals surface area (Å²) in [4.78, 5) is 17.4. The summed E-state index contributed by atoms with van der Waals surface area (Å²) in [6.07, 6.45) is 3.26. The molecule has 0 radical (unpaired) electrons. The van der Waals surface area contributed by atoms with Gasteiger partial charge in [0.15, 0.2) is 17.5 Å². The molecule has 0 bridgehead atoms. The highest BCUT2D eigenvalue weighted by Gasteiger charge is 2.49. The summed E-state index contributed by atoms with van der Waals surface area (Å²) in [6, 6.07) is 4.60. The van der Waals surface area contributed by atoms with Crippen molar-refractivity contribution < 1.29 is 32.1 Å². The molecule has 3 aliphatic heterocycles. The third kappa shape index (κ3) is 4.57. The van der Waals surface area contributed by atoms with Gasteiger partial charge in [0.25, 0.3) is 0 Å². The summed E-state index contributed by atoms with van der Waals surface area (Å²) >= 11 is 0. The SMILES string of the molecule is Oc1cc(-c2ncc3c(N4CCCOCC4)nc(OC[C@@]45CCCN4C[C@H](F)C5)nc3c2F)c2c(F)c(F)ccc2c1. The zero-order valence-corrected chi connectivity index (χ0v) is 22.8. The second-order valence-electron chi connectivity index (χ2n) is 11.3. The maximum absolute atomic E-state index is 16.5. The quantitative estimate of drug-likeness (QED) is 0.323. The summed E-state index contributed by atoms with van der Waals surface area (Å²) in [6.45, 7) is 3.43. The predicted octanol–water partition coefficient (Wildman–Crippen LogP) is 5.15. The molecule has 3 saturated heterocycles. The zero-order chi connectivity index (χ0) is 29.0. The molecule has 2 atom stereocenters. The van der Waals surface area contributed by atoms with Gasteiger partial charge in [-0.1, -0.05) is 6.07 Å². The van der Waals surface area contributed by atoms with Crippen LogP contribution in [0.15, 0.2) is 30.5 Å². The maximum Gasteiger partial charge on any atom is 0.319 e. The van der Waals surface area contributed by atoms with Crippen LogP contribution >= 0.6 is 0 Å². The summed E-state index contributed by atoms with van der Waals surface area (Å²) in [7, 11) is 0. The first-order valence-corrected chi connectivity index (χ1v) is 14.1. The molecule has 0 aliphatic carbocycles. The standard InChI is InChI=1S/C30H29F4N5O3/c31-18-13-30(5-1-7-39(30)15-18)16-42-29-36-27-21(28(37-29)38-6-2-9-41-10-8-38)14-35-26(25(27)34)20-12-19(40)11-17-3-4-22(32)24(33)23(17)20/h3-4,11-12,14,18,40H,1-2,5-10,13,15-16H2/t18-,30+/m1/s1. The minimum absolute atomic E-state index is 0.0692.